The Morgan fingerprint density at radius 2 is 2.20 bits per heavy atom. The maximum absolute atomic E-state index is 5.74. The van der Waals surface area contributed by atoms with E-state index < -0.39 is 0 Å². The Hall–Kier alpha value is -0.540. The molecule has 1 aliphatic rings. The van der Waals surface area contributed by atoms with Crippen molar-refractivity contribution < 1.29 is 0 Å². The van der Waals surface area contributed by atoms with Gasteiger partial charge in [0.25, 0.3) is 0 Å². The second kappa shape index (κ2) is 4.14. The van der Waals surface area contributed by atoms with E-state index >= 15 is 0 Å². The number of hydrogen-bond donors (Lipinski definition) is 2. The highest BCUT2D eigenvalue weighted by molar-refractivity contribution is 9.10. The van der Waals surface area contributed by atoms with Crippen LogP contribution in [-0.4, -0.2) is 13.1 Å². The zero-order chi connectivity index (χ0) is 10.9. The second-order valence-electron chi connectivity index (χ2n) is 4.54. The number of anilines is 1. The van der Waals surface area contributed by atoms with E-state index in [4.69, 9.17) is 5.73 Å². The molecule has 0 atom stereocenters. The van der Waals surface area contributed by atoms with Crippen LogP contribution in [0.15, 0.2) is 22.7 Å². The van der Waals surface area contributed by atoms with Crippen molar-refractivity contribution >= 4 is 21.6 Å². The minimum absolute atomic E-state index is 0.379. The Morgan fingerprint density at radius 1 is 1.47 bits per heavy atom. The van der Waals surface area contributed by atoms with E-state index in [2.05, 4.69) is 46.4 Å². The monoisotopic (exact) mass is 268 g/mol. The number of aryl methyl sites for hydroxylation is 1. The summed E-state index contributed by atoms with van der Waals surface area (Å²) >= 11 is 3.56. The van der Waals surface area contributed by atoms with Gasteiger partial charge in [-0.15, -0.1) is 0 Å². The molecule has 3 N–H and O–H groups in total. The van der Waals surface area contributed by atoms with Crippen LogP contribution in [0.2, 0.25) is 0 Å². The van der Waals surface area contributed by atoms with Gasteiger partial charge < -0.3 is 11.1 Å². The van der Waals surface area contributed by atoms with Gasteiger partial charge in [-0.25, -0.2) is 0 Å². The molecule has 0 saturated heterocycles. The normalized spacial score (nSPS) is 17.5. The number of nitrogens with two attached hydrogens (primary N) is 1. The van der Waals surface area contributed by atoms with E-state index in [-0.39, 0.29) is 0 Å². The predicted molar refractivity (Wildman–Crippen MR) is 68.1 cm³/mol. The highest BCUT2D eigenvalue weighted by atomic mass is 79.9. The van der Waals surface area contributed by atoms with Crippen LogP contribution in [0.25, 0.3) is 0 Å². The molecule has 0 spiro atoms. The average molecular weight is 269 g/mol. The summed E-state index contributed by atoms with van der Waals surface area (Å²) in [6.45, 7) is 3.88. The quantitative estimate of drug-likeness (QED) is 0.882. The van der Waals surface area contributed by atoms with Crippen molar-refractivity contribution in [3.63, 3.8) is 0 Å². The first-order valence-electron chi connectivity index (χ1n) is 5.35. The molecule has 2 rings (SSSR count). The number of nitrogens with one attached hydrogen (secondary N) is 1. The fourth-order valence-electron chi connectivity index (χ4n) is 1.68. The zero-order valence-electron chi connectivity index (χ0n) is 9.02. The number of halogens is 1. The van der Waals surface area contributed by atoms with Crippen LogP contribution >= 0.6 is 15.9 Å². The Balaban J connectivity index is 1.99. The number of rotatable bonds is 4. The van der Waals surface area contributed by atoms with Gasteiger partial charge in [-0.3, -0.25) is 0 Å². The Morgan fingerprint density at radius 3 is 2.73 bits per heavy atom. The summed E-state index contributed by atoms with van der Waals surface area (Å²) in [5, 5.41) is 3.47. The highest BCUT2D eigenvalue weighted by Crippen LogP contribution is 2.44. The van der Waals surface area contributed by atoms with E-state index in [9.17, 15) is 0 Å². The molecule has 0 unspecified atom stereocenters. The molecule has 82 valence electrons. The SMILES string of the molecule is Cc1ccc(NCC2(CN)CC2)c(Br)c1. The van der Waals surface area contributed by atoms with Gasteiger partial charge in [0.15, 0.2) is 0 Å². The average Bonchev–Trinajstić information content (AvgIpc) is 2.97. The summed E-state index contributed by atoms with van der Waals surface area (Å²) in [7, 11) is 0. The molecule has 0 radical (unpaired) electrons. The van der Waals surface area contributed by atoms with E-state index in [1.807, 2.05) is 0 Å². The van der Waals surface area contributed by atoms with Crippen LogP contribution in [0, 0.1) is 12.3 Å². The maximum atomic E-state index is 5.74. The van der Waals surface area contributed by atoms with Crippen molar-refractivity contribution in [2.45, 2.75) is 19.8 Å². The maximum Gasteiger partial charge on any atom is 0.0485 e. The molecule has 0 heterocycles. The van der Waals surface area contributed by atoms with Crippen molar-refractivity contribution in [2.24, 2.45) is 11.1 Å². The molecule has 1 saturated carbocycles. The van der Waals surface area contributed by atoms with Gasteiger partial charge in [-0.05, 0) is 65.4 Å². The summed E-state index contributed by atoms with van der Waals surface area (Å²) in [4.78, 5) is 0. The lowest BCUT2D eigenvalue weighted by Crippen LogP contribution is -2.24. The van der Waals surface area contributed by atoms with Crippen molar-refractivity contribution in [3.8, 4) is 0 Å². The molecular weight excluding hydrogens is 252 g/mol. The third-order valence-corrected chi connectivity index (χ3v) is 3.82. The van der Waals surface area contributed by atoms with Crippen molar-refractivity contribution in [1.82, 2.24) is 0 Å². The number of hydrogen-bond acceptors (Lipinski definition) is 2. The van der Waals surface area contributed by atoms with Crippen LogP contribution in [0.3, 0.4) is 0 Å². The van der Waals surface area contributed by atoms with Crippen LogP contribution in [0.5, 0.6) is 0 Å². The molecule has 0 amide bonds. The van der Waals surface area contributed by atoms with Gasteiger partial charge in [0.2, 0.25) is 0 Å². The summed E-state index contributed by atoms with van der Waals surface area (Å²) in [5.74, 6) is 0. The Labute approximate surface area is 99.4 Å². The first-order valence-corrected chi connectivity index (χ1v) is 6.15. The molecule has 3 heteroatoms. The molecule has 0 aliphatic heterocycles. The predicted octanol–water partition coefficient (Wildman–Crippen LogP) is 2.91. The summed E-state index contributed by atoms with van der Waals surface area (Å²) < 4.78 is 1.13. The molecule has 2 nitrogen and oxygen atoms in total. The van der Waals surface area contributed by atoms with Crippen molar-refractivity contribution in [1.29, 1.82) is 0 Å². The van der Waals surface area contributed by atoms with Crippen LogP contribution in [-0.2, 0) is 0 Å². The first-order chi connectivity index (χ1) is 7.15. The summed E-state index contributed by atoms with van der Waals surface area (Å²) in [6, 6.07) is 6.37. The smallest absolute Gasteiger partial charge is 0.0485 e. The van der Waals surface area contributed by atoms with Crippen LogP contribution < -0.4 is 11.1 Å². The second-order valence-corrected chi connectivity index (χ2v) is 5.40. The molecule has 1 aliphatic carbocycles. The van der Waals surface area contributed by atoms with Crippen LogP contribution in [0.4, 0.5) is 5.69 Å². The third-order valence-electron chi connectivity index (χ3n) is 3.17. The Kier molecular flexibility index (Phi) is 3.03. The molecule has 1 fully saturated rings. The van der Waals surface area contributed by atoms with Gasteiger partial charge in [-0.1, -0.05) is 6.07 Å². The first kappa shape index (κ1) is 11.0. The van der Waals surface area contributed by atoms with E-state index in [1.54, 1.807) is 0 Å². The lowest BCUT2D eigenvalue weighted by Gasteiger charge is -2.15. The van der Waals surface area contributed by atoms with Gasteiger partial charge in [0.1, 0.15) is 0 Å². The van der Waals surface area contributed by atoms with Gasteiger partial charge >= 0.3 is 0 Å². The number of benzene rings is 1. The highest BCUT2D eigenvalue weighted by Gasteiger charge is 2.40. The minimum Gasteiger partial charge on any atom is -0.384 e. The van der Waals surface area contributed by atoms with Crippen molar-refractivity contribution in [2.75, 3.05) is 18.4 Å². The van der Waals surface area contributed by atoms with Crippen LogP contribution in [0.1, 0.15) is 18.4 Å². The fourth-order valence-corrected chi connectivity index (χ4v) is 2.31. The third kappa shape index (κ3) is 2.52. The summed E-state index contributed by atoms with van der Waals surface area (Å²) in [5.41, 5.74) is 8.56. The van der Waals surface area contributed by atoms with Gasteiger partial charge in [0.05, 0.1) is 0 Å². The molecule has 0 bridgehead atoms. The lowest BCUT2D eigenvalue weighted by molar-refractivity contribution is 0.556. The lowest BCUT2D eigenvalue weighted by atomic mass is 10.1. The largest absolute Gasteiger partial charge is 0.384 e. The van der Waals surface area contributed by atoms with Gasteiger partial charge in [-0.2, -0.15) is 0 Å². The molecular formula is C12H17BrN2. The molecule has 1 aromatic carbocycles. The van der Waals surface area contributed by atoms with E-state index in [1.165, 1.54) is 24.1 Å². The standard InChI is InChI=1S/C12H17BrN2/c1-9-2-3-11(10(13)6-9)15-8-12(7-14)4-5-12/h2-3,6,15H,4-5,7-8,14H2,1H3. The van der Waals surface area contributed by atoms with E-state index in [0.717, 1.165) is 17.6 Å². The fraction of sp³-hybridized carbons (Fsp3) is 0.500. The zero-order valence-corrected chi connectivity index (χ0v) is 10.6. The van der Waals surface area contributed by atoms with Crippen molar-refractivity contribution in [3.05, 3.63) is 28.2 Å². The van der Waals surface area contributed by atoms with Gasteiger partial charge in [0, 0.05) is 16.7 Å². The topological polar surface area (TPSA) is 38.0 Å². The minimum atomic E-state index is 0.379. The summed E-state index contributed by atoms with van der Waals surface area (Å²) in [6.07, 6.45) is 2.53. The molecule has 15 heavy (non-hydrogen) atoms. The Bertz CT molecular complexity index is 359. The molecule has 0 aromatic heterocycles. The molecule has 1 aromatic rings. The van der Waals surface area contributed by atoms with E-state index in [0.29, 0.717) is 5.41 Å².